The van der Waals surface area contributed by atoms with Crippen LogP contribution in [0, 0.1) is 11.3 Å². The molecule has 4 rings (SSSR count). The highest BCUT2D eigenvalue weighted by Gasteiger charge is 2.43. The van der Waals surface area contributed by atoms with Crippen molar-refractivity contribution >= 4 is 11.5 Å². The summed E-state index contributed by atoms with van der Waals surface area (Å²) in [5, 5.41) is 10.1. The van der Waals surface area contributed by atoms with Crippen molar-refractivity contribution in [2.45, 2.75) is 31.4 Å². The van der Waals surface area contributed by atoms with E-state index < -0.39 is 17.7 Å². The van der Waals surface area contributed by atoms with E-state index in [9.17, 15) is 23.2 Å². The number of alkyl halides is 3. The molecule has 9 heteroatoms. The topological polar surface area (TPSA) is 88.6 Å². The van der Waals surface area contributed by atoms with Gasteiger partial charge < -0.3 is 15.2 Å². The number of ether oxygens (including phenoxy) is 2. The van der Waals surface area contributed by atoms with E-state index in [4.69, 9.17) is 15.2 Å². The van der Waals surface area contributed by atoms with Crippen molar-refractivity contribution < 1.29 is 27.4 Å². The quantitative estimate of drug-likeness (QED) is 0.676. The molecule has 0 aromatic heterocycles. The monoisotopic (exact) mass is 469 g/mol. The minimum Gasteiger partial charge on any atom is -0.493 e. The van der Waals surface area contributed by atoms with Gasteiger partial charge in [0, 0.05) is 17.7 Å². The van der Waals surface area contributed by atoms with Crippen LogP contribution >= 0.6 is 0 Å². The van der Waals surface area contributed by atoms with Crippen LogP contribution in [0.2, 0.25) is 0 Å². The van der Waals surface area contributed by atoms with Gasteiger partial charge in [0.05, 0.1) is 43.0 Å². The van der Waals surface area contributed by atoms with Crippen LogP contribution in [0.4, 0.5) is 18.9 Å². The number of hydrogen-bond donors (Lipinski definition) is 1. The molecule has 0 spiro atoms. The van der Waals surface area contributed by atoms with Crippen LogP contribution in [0.25, 0.3) is 0 Å². The Kier molecular flexibility index (Phi) is 6.00. The second-order valence-electron chi connectivity index (χ2n) is 7.95. The number of nitriles is 1. The third-order valence-electron chi connectivity index (χ3n) is 6.10. The largest absolute Gasteiger partial charge is 0.493 e. The van der Waals surface area contributed by atoms with E-state index in [0.29, 0.717) is 35.6 Å². The first-order valence-electron chi connectivity index (χ1n) is 10.6. The fraction of sp³-hybridized carbons (Fsp3) is 0.280. The summed E-state index contributed by atoms with van der Waals surface area (Å²) in [6, 6.07) is 12.1. The molecule has 1 aliphatic carbocycles. The summed E-state index contributed by atoms with van der Waals surface area (Å²) in [7, 11) is 2.95. The van der Waals surface area contributed by atoms with E-state index in [1.54, 1.807) is 18.2 Å². The number of halogens is 3. The van der Waals surface area contributed by atoms with Crippen molar-refractivity contribution in [2.75, 3.05) is 19.1 Å². The first-order chi connectivity index (χ1) is 16.2. The predicted octanol–water partition coefficient (Wildman–Crippen LogP) is 5.03. The molecule has 2 aromatic carbocycles. The number of rotatable bonds is 4. The van der Waals surface area contributed by atoms with Gasteiger partial charge in [-0.2, -0.15) is 18.4 Å². The van der Waals surface area contributed by atoms with Crippen LogP contribution in [0.1, 0.15) is 36.3 Å². The molecular weight excluding hydrogens is 447 g/mol. The number of allylic oxidation sites excluding steroid dienone is 3. The normalized spacial score (nSPS) is 18.5. The number of para-hydroxylation sites is 1. The number of nitrogens with two attached hydrogens (primary N) is 1. The number of nitrogens with zero attached hydrogens (tertiary/aromatic N) is 2. The van der Waals surface area contributed by atoms with E-state index in [0.717, 1.165) is 6.07 Å². The van der Waals surface area contributed by atoms with Crippen molar-refractivity contribution in [1.29, 1.82) is 5.26 Å². The van der Waals surface area contributed by atoms with Crippen LogP contribution in [0.5, 0.6) is 11.5 Å². The molecule has 0 bridgehead atoms. The van der Waals surface area contributed by atoms with Gasteiger partial charge in [-0.05, 0) is 42.7 Å². The van der Waals surface area contributed by atoms with Gasteiger partial charge in [-0.25, -0.2) is 0 Å². The molecule has 6 nitrogen and oxygen atoms in total. The van der Waals surface area contributed by atoms with Crippen molar-refractivity contribution in [3.8, 4) is 17.6 Å². The molecule has 0 saturated carbocycles. The summed E-state index contributed by atoms with van der Waals surface area (Å²) in [6.45, 7) is 0. The number of anilines is 1. The standard InChI is InChI=1S/C25H22F3N3O3/c1-33-20-11-10-14(12-21(20)34-2)22-15(13-29)24(30)31(18-8-5-9-19(32)23(18)22)17-7-4-3-6-16(17)25(26,27)28/h3-4,6-7,10-12,22H,5,8-9,30H2,1-2H3. The molecular formula is C25H22F3N3O3. The SMILES string of the molecule is COc1ccc(C2C(C#N)=C(N)N(c3ccccc3C(F)(F)F)C3=C2C(=O)CCC3)cc1OC. The molecule has 1 unspecified atom stereocenters. The maximum Gasteiger partial charge on any atom is 0.418 e. The molecule has 34 heavy (non-hydrogen) atoms. The Bertz CT molecular complexity index is 1260. The van der Waals surface area contributed by atoms with Gasteiger partial charge in [-0.1, -0.05) is 18.2 Å². The van der Waals surface area contributed by atoms with Crippen LogP contribution in [0.15, 0.2) is 65.1 Å². The maximum atomic E-state index is 13.8. The number of ketones is 1. The maximum absolute atomic E-state index is 13.8. The number of carbonyl (C=O) groups is 1. The summed E-state index contributed by atoms with van der Waals surface area (Å²) in [5.74, 6) is -0.335. The number of Topliss-reactive ketones (excluding diaryl/α,β-unsaturated/α-hetero) is 1. The zero-order valence-electron chi connectivity index (χ0n) is 18.6. The molecule has 2 aliphatic rings. The average molecular weight is 469 g/mol. The lowest BCUT2D eigenvalue weighted by Crippen LogP contribution is -2.39. The first kappa shape index (κ1) is 23.2. The molecule has 176 valence electrons. The van der Waals surface area contributed by atoms with Gasteiger partial charge >= 0.3 is 6.18 Å². The Morgan fingerprint density at radius 3 is 2.44 bits per heavy atom. The van der Waals surface area contributed by atoms with Crippen molar-refractivity contribution in [3.05, 3.63) is 76.3 Å². The second kappa shape index (κ2) is 8.78. The first-order valence-corrected chi connectivity index (χ1v) is 10.6. The minimum absolute atomic E-state index is 0.00167. The fourth-order valence-corrected chi connectivity index (χ4v) is 4.64. The van der Waals surface area contributed by atoms with Crippen molar-refractivity contribution in [1.82, 2.24) is 0 Å². The number of benzene rings is 2. The molecule has 1 aliphatic heterocycles. The van der Waals surface area contributed by atoms with Gasteiger partial charge in [0.15, 0.2) is 17.3 Å². The molecule has 1 atom stereocenters. The lowest BCUT2D eigenvalue weighted by atomic mass is 9.75. The lowest BCUT2D eigenvalue weighted by Gasteiger charge is -2.40. The van der Waals surface area contributed by atoms with Crippen molar-refractivity contribution in [3.63, 3.8) is 0 Å². The van der Waals surface area contributed by atoms with Gasteiger partial charge in [0.25, 0.3) is 0 Å². The highest BCUT2D eigenvalue weighted by atomic mass is 19.4. The number of hydrogen-bond acceptors (Lipinski definition) is 6. The Morgan fingerprint density at radius 1 is 1.09 bits per heavy atom. The number of carbonyl (C=O) groups excluding carboxylic acids is 1. The third kappa shape index (κ3) is 3.75. The van der Waals surface area contributed by atoms with Crippen LogP contribution in [0.3, 0.4) is 0 Å². The molecule has 0 radical (unpaired) electrons. The van der Waals surface area contributed by atoms with Crippen LogP contribution < -0.4 is 20.1 Å². The minimum atomic E-state index is -4.65. The number of methoxy groups -OCH3 is 2. The Balaban J connectivity index is 1.99. The van der Waals surface area contributed by atoms with E-state index in [-0.39, 0.29) is 34.9 Å². The second-order valence-corrected chi connectivity index (χ2v) is 7.95. The van der Waals surface area contributed by atoms with Crippen molar-refractivity contribution in [2.24, 2.45) is 5.73 Å². The lowest BCUT2D eigenvalue weighted by molar-refractivity contribution is -0.137. The zero-order chi connectivity index (χ0) is 24.6. The van der Waals surface area contributed by atoms with E-state index >= 15 is 0 Å². The Labute approximate surface area is 194 Å². The van der Waals surface area contributed by atoms with Gasteiger partial charge in [0.2, 0.25) is 0 Å². The van der Waals surface area contributed by atoms with Gasteiger partial charge in [0.1, 0.15) is 5.82 Å². The Morgan fingerprint density at radius 2 is 1.79 bits per heavy atom. The van der Waals surface area contributed by atoms with Crippen LogP contribution in [-0.2, 0) is 11.0 Å². The summed E-state index contributed by atoms with van der Waals surface area (Å²) in [4.78, 5) is 14.4. The van der Waals surface area contributed by atoms with Gasteiger partial charge in [-0.3, -0.25) is 9.69 Å². The van der Waals surface area contributed by atoms with Crippen LogP contribution in [-0.4, -0.2) is 20.0 Å². The van der Waals surface area contributed by atoms with E-state index in [1.165, 1.54) is 37.3 Å². The summed E-state index contributed by atoms with van der Waals surface area (Å²) in [5.41, 5.74) is 6.50. The highest BCUT2D eigenvalue weighted by Crippen LogP contribution is 2.49. The highest BCUT2D eigenvalue weighted by molar-refractivity contribution is 6.01. The molecule has 0 amide bonds. The summed E-state index contributed by atoms with van der Waals surface area (Å²) in [6.07, 6.45) is -3.61. The molecule has 0 fully saturated rings. The average Bonchev–Trinajstić information content (AvgIpc) is 2.82. The Hall–Kier alpha value is -3.93. The van der Waals surface area contributed by atoms with E-state index in [1.807, 2.05) is 0 Å². The summed E-state index contributed by atoms with van der Waals surface area (Å²) < 4.78 is 52.2. The molecule has 1 heterocycles. The zero-order valence-corrected chi connectivity index (χ0v) is 18.6. The molecule has 2 aromatic rings. The van der Waals surface area contributed by atoms with E-state index in [2.05, 4.69) is 6.07 Å². The molecule has 0 saturated heterocycles. The van der Waals surface area contributed by atoms with Gasteiger partial charge in [-0.15, -0.1) is 0 Å². The smallest absolute Gasteiger partial charge is 0.418 e. The summed E-state index contributed by atoms with van der Waals surface area (Å²) >= 11 is 0. The fourth-order valence-electron chi connectivity index (χ4n) is 4.64. The predicted molar refractivity (Wildman–Crippen MR) is 119 cm³/mol. The molecule has 2 N–H and O–H groups in total. The third-order valence-corrected chi connectivity index (χ3v) is 6.10.